The van der Waals surface area contributed by atoms with E-state index in [4.69, 9.17) is 4.74 Å². The molecule has 0 amide bonds. The molecule has 1 fully saturated rings. The molecule has 154 valence electrons. The highest BCUT2D eigenvalue weighted by Crippen LogP contribution is 2.25. The number of benzene rings is 1. The lowest BCUT2D eigenvalue weighted by Gasteiger charge is -2.27. The summed E-state index contributed by atoms with van der Waals surface area (Å²) in [5, 5.41) is 13.5. The number of fused-ring (bicyclic) bond motifs is 1. The molecule has 0 bridgehead atoms. The van der Waals surface area contributed by atoms with Gasteiger partial charge in [0.15, 0.2) is 6.04 Å². The number of nitrogens with one attached hydrogen (secondary N) is 2. The second-order valence-electron chi connectivity index (χ2n) is 8.65. The van der Waals surface area contributed by atoms with Crippen molar-refractivity contribution in [3.63, 3.8) is 0 Å². The van der Waals surface area contributed by atoms with Crippen molar-refractivity contribution in [1.82, 2.24) is 25.2 Å². The zero-order chi connectivity index (χ0) is 20.6. The Bertz CT molecular complexity index is 1060. The first-order valence-corrected chi connectivity index (χ1v) is 10.3. The molecule has 2 aromatic heterocycles. The Hall–Kier alpha value is -2.74. The third-order valence-electron chi connectivity index (χ3n) is 5.51. The number of hydrogen-bond acceptors (Lipinski definition) is 5. The number of H-pyrrole nitrogens is 1. The highest BCUT2D eigenvalue weighted by molar-refractivity contribution is 5.80. The number of nitrogens with zero attached hydrogens (tertiary/aromatic N) is 4. The zero-order valence-corrected chi connectivity index (χ0v) is 17.5. The summed E-state index contributed by atoms with van der Waals surface area (Å²) in [4.78, 5) is 17.5. The van der Waals surface area contributed by atoms with Gasteiger partial charge < -0.3 is 14.6 Å². The SMILES string of the molecule is CCOc1ccc2[nH]c(=O)c([C@H](c3nnnn3C(C)(C)C)[NH+]3CCCC3)cc2c1. The van der Waals surface area contributed by atoms with Crippen molar-refractivity contribution in [2.45, 2.75) is 52.1 Å². The van der Waals surface area contributed by atoms with Crippen molar-refractivity contribution in [1.29, 1.82) is 0 Å². The zero-order valence-electron chi connectivity index (χ0n) is 17.5. The van der Waals surface area contributed by atoms with Crippen LogP contribution in [-0.2, 0) is 5.54 Å². The van der Waals surface area contributed by atoms with Gasteiger partial charge in [-0.3, -0.25) is 4.79 Å². The normalized spacial score (nSPS) is 16.4. The number of quaternary nitrogens is 1. The van der Waals surface area contributed by atoms with E-state index in [1.54, 1.807) is 0 Å². The molecular formula is C21H29N6O2+. The number of likely N-dealkylation sites (tertiary alicyclic amines) is 1. The maximum Gasteiger partial charge on any atom is 0.258 e. The molecule has 29 heavy (non-hydrogen) atoms. The summed E-state index contributed by atoms with van der Waals surface area (Å²) < 4.78 is 7.50. The van der Waals surface area contributed by atoms with Crippen molar-refractivity contribution in [2.24, 2.45) is 0 Å². The summed E-state index contributed by atoms with van der Waals surface area (Å²) in [5.74, 6) is 1.53. The number of aromatic amines is 1. The Morgan fingerprint density at radius 3 is 2.69 bits per heavy atom. The Labute approximate surface area is 169 Å². The predicted molar refractivity (Wildman–Crippen MR) is 110 cm³/mol. The van der Waals surface area contributed by atoms with Crippen molar-refractivity contribution in [2.75, 3.05) is 19.7 Å². The van der Waals surface area contributed by atoms with Gasteiger partial charge >= 0.3 is 0 Å². The first-order chi connectivity index (χ1) is 13.9. The molecule has 1 aromatic carbocycles. The van der Waals surface area contributed by atoms with Gasteiger partial charge in [0, 0.05) is 23.7 Å². The molecule has 0 radical (unpaired) electrons. The monoisotopic (exact) mass is 397 g/mol. The third-order valence-corrected chi connectivity index (χ3v) is 5.51. The Morgan fingerprint density at radius 1 is 1.24 bits per heavy atom. The summed E-state index contributed by atoms with van der Waals surface area (Å²) in [6.07, 6.45) is 2.28. The van der Waals surface area contributed by atoms with E-state index in [1.807, 2.05) is 35.9 Å². The van der Waals surface area contributed by atoms with Crippen LogP contribution in [0, 0.1) is 0 Å². The minimum atomic E-state index is -0.276. The number of aromatic nitrogens is 5. The van der Waals surface area contributed by atoms with Gasteiger partial charge in [-0.15, -0.1) is 5.10 Å². The van der Waals surface area contributed by atoms with E-state index in [9.17, 15) is 4.79 Å². The van der Waals surface area contributed by atoms with Crippen LogP contribution < -0.4 is 15.2 Å². The summed E-state index contributed by atoms with van der Waals surface area (Å²) in [7, 11) is 0. The van der Waals surface area contributed by atoms with Gasteiger partial charge in [0.1, 0.15) is 5.75 Å². The fourth-order valence-electron chi connectivity index (χ4n) is 4.18. The number of tetrazole rings is 1. The van der Waals surface area contributed by atoms with E-state index in [0.29, 0.717) is 12.2 Å². The molecular weight excluding hydrogens is 368 g/mol. The number of rotatable bonds is 5. The molecule has 0 saturated carbocycles. The van der Waals surface area contributed by atoms with Crippen LogP contribution in [-0.4, -0.2) is 44.9 Å². The minimum Gasteiger partial charge on any atom is -0.494 e. The highest BCUT2D eigenvalue weighted by Gasteiger charge is 2.37. The first-order valence-electron chi connectivity index (χ1n) is 10.3. The summed E-state index contributed by atoms with van der Waals surface area (Å²) in [5.41, 5.74) is 1.13. The maximum absolute atomic E-state index is 13.1. The van der Waals surface area contributed by atoms with E-state index in [1.165, 1.54) is 4.90 Å². The molecule has 1 aliphatic rings. The Kier molecular flexibility index (Phi) is 5.12. The standard InChI is InChI=1S/C21H28N6O2/c1-5-29-15-8-9-17-14(12-15)13-16(20(28)22-17)18(26-10-6-7-11-26)19-23-24-25-27(19)21(2,3)4/h8-9,12-13,18H,5-7,10-11H2,1-4H3,(H,22,28)/p+1/t18-/m1/s1. The van der Waals surface area contributed by atoms with Crippen molar-refractivity contribution in [3.05, 3.63) is 46.0 Å². The maximum atomic E-state index is 13.1. The fraction of sp³-hybridized carbons (Fsp3) is 0.524. The van der Waals surface area contributed by atoms with Crippen LogP contribution >= 0.6 is 0 Å². The molecule has 8 heteroatoms. The molecule has 1 saturated heterocycles. The average Bonchev–Trinajstić information content (AvgIpc) is 3.35. The summed E-state index contributed by atoms with van der Waals surface area (Å²) in [6.45, 7) is 10.8. The highest BCUT2D eigenvalue weighted by atomic mass is 16.5. The van der Waals surface area contributed by atoms with Crippen LogP contribution in [0.3, 0.4) is 0 Å². The average molecular weight is 398 g/mol. The van der Waals surface area contributed by atoms with Gasteiger partial charge in [0.05, 0.1) is 30.8 Å². The van der Waals surface area contributed by atoms with E-state index in [0.717, 1.165) is 48.4 Å². The van der Waals surface area contributed by atoms with Crippen LogP contribution in [0.4, 0.5) is 0 Å². The lowest BCUT2D eigenvalue weighted by Crippen LogP contribution is -3.10. The molecule has 1 aliphatic heterocycles. The molecule has 4 rings (SSSR count). The van der Waals surface area contributed by atoms with Gasteiger partial charge in [-0.25, -0.2) is 4.68 Å². The van der Waals surface area contributed by atoms with Crippen LogP contribution in [0.1, 0.15) is 58.0 Å². The van der Waals surface area contributed by atoms with Crippen LogP contribution in [0.15, 0.2) is 29.1 Å². The molecule has 3 aromatic rings. The Balaban J connectivity index is 1.89. The van der Waals surface area contributed by atoms with Crippen LogP contribution in [0.2, 0.25) is 0 Å². The minimum absolute atomic E-state index is 0.0884. The van der Waals surface area contributed by atoms with Gasteiger partial charge in [0.25, 0.3) is 5.56 Å². The lowest BCUT2D eigenvalue weighted by molar-refractivity contribution is -0.914. The molecule has 0 unspecified atom stereocenters. The number of ether oxygens (including phenoxy) is 1. The fourth-order valence-corrected chi connectivity index (χ4v) is 4.18. The first kappa shape index (κ1) is 19.6. The largest absolute Gasteiger partial charge is 0.494 e. The molecule has 0 spiro atoms. The van der Waals surface area contributed by atoms with E-state index in [-0.39, 0.29) is 17.1 Å². The predicted octanol–water partition coefficient (Wildman–Crippen LogP) is 1.44. The van der Waals surface area contributed by atoms with Gasteiger partial charge in [-0.05, 0) is 62.4 Å². The second-order valence-corrected chi connectivity index (χ2v) is 8.65. The van der Waals surface area contributed by atoms with Gasteiger partial charge in [-0.2, -0.15) is 0 Å². The van der Waals surface area contributed by atoms with E-state index >= 15 is 0 Å². The quantitative estimate of drug-likeness (QED) is 0.680. The van der Waals surface area contributed by atoms with E-state index in [2.05, 4.69) is 41.3 Å². The van der Waals surface area contributed by atoms with Crippen molar-refractivity contribution >= 4 is 10.9 Å². The van der Waals surface area contributed by atoms with Gasteiger partial charge in [-0.1, -0.05) is 0 Å². The Morgan fingerprint density at radius 2 is 2.00 bits per heavy atom. The third kappa shape index (κ3) is 3.76. The molecule has 8 nitrogen and oxygen atoms in total. The molecule has 2 N–H and O–H groups in total. The van der Waals surface area contributed by atoms with Crippen molar-refractivity contribution in [3.8, 4) is 5.75 Å². The molecule has 3 heterocycles. The van der Waals surface area contributed by atoms with Crippen LogP contribution in [0.25, 0.3) is 10.9 Å². The lowest BCUT2D eigenvalue weighted by atomic mass is 10.0. The van der Waals surface area contributed by atoms with E-state index < -0.39 is 0 Å². The molecule has 1 atom stereocenters. The smallest absolute Gasteiger partial charge is 0.258 e. The van der Waals surface area contributed by atoms with Crippen LogP contribution in [0.5, 0.6) is 5.75 Å². The van der Waals surface area contributed by atoms with Crippen molar-refractivity contribution < 1.29 is 9.64 Å². The molecule has 0 aliphatic carbocycles. The number of pyridine rings is 1. The summed E-state index contributed by atoms with van der Waals surface area (Å²) >= 11 is 0. The topological polar surface area (TPSA) is 90.1 Å². The summed E-state index contributed by atoms with van der Waals surface area (Å²) in [6, 6.07) is 7.51. The second kappa shape index (κ2) is 7.59. The number of hydrogen-bond donors (Lipinski definition) is 2. The van der Waals surface area contributed by atoms with Gasteiger partial charge in [0.2, 0.25) is 5.82 Å².